The van der Waals surface area contributed by atoms with Crippen LogP contribution in [-0.4, -0.2) is 27.3 Å². The van der Waals surface area contributed by atoms with Crippen LogP contribution in [0.4, 0.5) is 0 Å². The highest BCUT2D eigenvalue weighted by atomic mass is 16.5. The number of furan rings is 1. The molecule has 0 aliphatic carbocycles. The number of nitrogens with two attached hydrogens (primary N) is 1. The van der Waals surface area contributed by atoms with Gasteiger partial charge in [-0.25, -0.2) is 9.59 Å². The van der Waals surface area contributed by atoms with Crippen LogP contribution < -0.4 is 5.73 Å². The van der Waals surface area contributed by atoms with Crippen LogP contribution in [0.25, 0.3) is 33.2 Å². The van der Waals surface area contributed by atoms with Crippen molar-refractivity contribution < 1.29 is 28.7 Å². The van der Waals surface area contributed by atoms with Gasteiger partial charge in [0.1, 0.15) is 17.0 Å². The molecule has 158 valence electrons. The van der Waals surface area contributed by atoms with Gasteiger partial charge in [-0.05, 0) is 24.6 Å². The molecule has 2 heterocycles. The number of nitrogens with zero attached hydrogens (tertiary/aromatic N) is 1. The number of para-hydroxylation sites is 2. The first-order valence-electron chi connectivity index (χ1n) is 9.29. The fourth-order valence-corrected chi connectivity index (χ4v) is 3.07. The number of carboxylic acids is 2. The van der Waals surface area contributed by atoms with E-state index >= 15 is 0 Å². The van der Waals surface area contributed by atoms with Crippen molar-refractivity contribution in [3.8, 4) is 11.3 Å². The maximum atomic E-state index is 9.55. The number of aliphatic carboxylic acids is 2. The number of fused-ring (bicyclic) bond motifs is 2. The predicted octanol–water partition coefficient (Wildman–Crippen LogP) is 4.53. The lowest BCUT2D eigenvalue weighted by atomic mass is 10.00. The second kappa shape index (κ2) is 9.55. The average Bonchev–Trinajstić information content (AvgIpc) is 3.34. The van der Waals surface area contributed by atoms with Crippen LogP contribution in [-0.2, 0) is 9.59 Å². The molecule has 0 radical (unpaired) electrons. The van der Waals surface area contributed by atoms with E-state index in [4.69, 9.17) is 24.9 Å². The lowest BCUT2D eigenvalue weighted by Crippen LogP contribution is -2.09. The summed E-state index contributed by atoms with van der Waals surface area (Å²) >= 11 is 0. The molecular weight excluding hydrogens is 400 g/mol. The molecule has 0 fully saturated rings. The number of aromatic nitrogens is 1. The SMILES string of the molecule is C=CCC(N)c1oc2ccccc2c1-c1noc2ccccc12.O=C(O)/C=C/C(=O)O. The highest BCUT2D eigenvalue weighted by molar-refractivity contribution is 6.02. The summed E-state index contributed by atoms with van der Waals surface area (Å²) in [5.41, 5.74) is 9.51. The zero-order chi connectivity index (χ0) is 22.4. The monoisotopic (exact) mass is 420 g/mol. The predicted molar refractivity (Wildman–Crippen MR) is 115 cm³/mol. The third kappa shape index (κ3) is 4.88. The number of carboxylic acid groups (broad SMARTS) is 2. The molecule has 8 heteroatoms. The van der Waals surface area contributed by atoms with Crippen LogP contribution in [0, 0.1) is 0 Å². The van der Waals surface area contributed by atoms with Gasteiger partial charge in [-0.15, -0.1) is 6.58 Å². The summed E-state index contributed by atoms with van der Waals surface area (Å²) < 4.78 is 11.5. The molecule has 0 amide bonds. The molecule has 1 atom stereocenters. The van der Waals surface area contributed by atoms with Crippen molar-refractivity contribution >= 4 is 33.9 Å². The van der Waals surface area contributed by atoms with Crippen LogP contribution in [0.1, 0.15) is 18.2 Å². The molecule has 4 N–H and O–H groups in total. The van der Waals surface area contributed by atoms with Gasteiger partial charge >= 0.3 is 11.9 Å². The summed E-state index contributed by atoms with van der Waals surface area (Å²) in [5, 5.41) is 21.8. The van der Waals surface area contributed by atoms with Crippen molar-refractivity contribution in [3.05, 3.63) is 79.1 Å². The highest BCUT2D eigenvalue weighted by Crippen LogP contribution is 2.40. The first-order valence-corrected chi connectivity index (χ1v) is 9.29. The van der Waals surface area contributed by atoms with Gasteiger partial charge in [-0.3, -0.25) is 0 Å². The summed E-state index contributed by atoms with van der Waals surface area (Å²) in [6.07, 6.45) is 3.54. The van der Waals surface area contributed by atoms with E-state index in [0.717, 1.165) is 33.2 Å². The third-order valence-corrected chi connectivity index (χ3v) is 4.36. The molecule has 31 heavy (non-hydrogen) atoms. The van der Waals surface area contributed by atoms with Crippen LogP contribution in [0.15, 0.2) is 82.3 Å². The maximum absolute atomic E-state index is 9.55. The Morgan fingerprint density at radius 1 is 1.00 bits per heavy atom. The summed E-state index contributed by atoms with van der Waals surface area (Å²) in [4.78, 5) is 19.1. The zero-order valence-electron chi connectivity index (χ0n) is 16.4. The Morgan fingerprint density at radius 3 is 2.19 bits per heavy atom. The Kier molecular flexibility index (Phi) is 6.64. The van der Waals surface area contributed by atoms with Crippen LogP contribution in [0.5, 0.6) is 0 Å². The smallest absolute Gasteiger partial charge is 0.328 e. The lowest BCUT2D eigenvalue weighted by Gasteiger charge is -2.07. The number of rotatable bonds is 6. The van der Waals surface area contributed by atoms with Crippen molar-refractivity contribution in [2.75, 3.05) is 0 Å². The van der Waals surface area contributed by atoms with E-state index in [0.29, 0.717) is 24.3 Å². The largest absolute Gasteiger partial charge is 0.478 e. The molecule has 0 saturated carbocycles. The Labute approximate surface area is 176 Å². The topological polar surface area (TPSA) is 140 Å². The van der Waals surface area contributed by atoms with E-state index in [2.05, 4.69) is 11.7 Å². The van der Waals surface area contributed by atoms with Gasteiger partial charge in [0.15, 0.2) is 5.58 Å². The van der Waals surface area contributed by atoms with Crippen LogP contribution in [0.3, 0.4) is 0 Å². The van der Waals surface area contributed by atoms with Crippen molar-refractivity contribution in [1.82, 2.24) is 5.16 Å². The minimum atomic E-state index is -1.26. The summed E-state index contributed by atoms with van der Waals surface area (Å²) in [5.74, 6) is -1.80. The summed E-state index contributed by atoms with van der Waals surface area (Å²) in [6, 6.07) is 15.4. The van der Waals surface area contributed by atoms with Crippen molar-refractivity contribution in [1.29, 1.82) is 0 Å². The molecule has 0 aliphatic heterocycles. The van der Waals surface area contributed by atoms with Crippen LogP contribution >= 0.6 is 0 Å². The van der Waals surface area contributed by atoms with Crippen LogP contribution in [0.2, 0.25) is 0 Å². The van der Waals surface area contributed by atoms with Gasteiger partial charge in [0.25, 0.3) is 0 Å². The maximum Gasteiger partial charge on any atom is 0.328 e. The average molecular weight is 420 g/mol. The summed E-state index contributed by atoms with van der Waals surface area (Å²) in [6.45, 7) is 3.77. The van der Waals surface area contributed by atoms with E-state index in [-0.39, 0.29) is 6.04 Å². The molecular formula is C23H20N2O6. The fourth-order valence-electron chi connectivity index (χ4n) is 3.07. The van der Waals surface area contributed by atoms with E-state index in [9.17, 15) is 9.59 Å². The van der Waals surface area contributed by atoms with Gasteiger partial charge < -0.3 is 24.9 Å². The Morgan fingerprint density at radius 2 is 1.58 bits per heavy atom. The van der Waals surface area contributed by atoms with Gasteiger partial charge in [0.05, 0.1) is 11.6 Å². The first kappa shape index (κ1) is 21.5. The quantitative estimate of drug-likeness (QED) is 0.305. The molecule has 0 spiro atoms. The van der Waals surface area contributed by atoms with Gasteiger partial charge in [-0.2, -0.15) is 0 Å². The molecule has 1 unspecified atom stereocenters. The Balaban J connectivity index is 0.000000293. The van der Waals surface area contributed by atoms with Gasteiger partial charge in [0, 0.05) is 22.9 Å². The zero-order valence-corrected chi connectivity index (χ0v) is 16.4. The van der Waals surface area contributed by atoms with Crippen molar-refractivity contribution in [2.45, 2.75) is 12.5 Å². The first-order chi connectivity index (χ1) is 14.9. The molecule has 8 nitrogen and oxygen atoms in total. The minimum absolute atomic E-state index is 0.273. The number of benzene rings is 2. The van der Waals surface area contributed by atoms with Crippen molar-refractivity contribution in [3.63, 3.8) is 0 Å². The normalized spacial score (nSPS) is 11.9. The molecule has 0 aliphatic rings. The van der Waals surface area contributed by atoms with Crippen molar-refractivity contribution in [2.24, 2.45) is 5.73 Å². The molecule has 0 bridgehead atoms. The molecule has 4 rings (SSSR count). The van der Waals surface area contributed by atoms with E-state index in [1.54, 1.807) is 6.08 Å². The third-order valence-electron chi connectivity index (χ3n) is 4.36. The van der Waals surface area contributed by atoms with E-state index < -0.39 is 11.9 Å². The molecule has 0 saturated heterocycles. The second-order valence-electron chi connectivity index (χ2n) is 6.51. The Bertz CT molecular complexity index is 1250. The van der Waals surface area contributed by atoms with Gasteiger partial charge in [0.2, 0.25) is 0 Å². The molecule has 2 aromatic heterocycles. The minimum Gasteiger partial charge on any atom is -0.478 e. The number of hydrogen-bond donors (Lipinski definition) is 3. The molecule has 2 aromatic carbocycles. The second-order valence-corrected chi connectivity index (χ2v) is 6.51. The van der Waals surface area contributed by atoms with E-state index in [1.807, 2.05) is 48.5 Å². The fraction of sp³-hybridized carbons (Fsp3) is 0.0870. The molecule has 4 aromatic rings. The summed E-state index contributed by atoms with van der Waals surface area (Å²) in [7, 11) is 0. The highest BCUT2D eigenvalue weighted by Gasteiger charge is 2.24. The standard InChI is InChI=1S/C19H16N2O2.C4H4O4/c1-2-7-14(20)19-17(12-8-3-5-10-15(12)22-19)18-13-9-4-6-11-16(13)23-21-18;5-3(6)1-2-4(7)8/h2-6,8-11,14H,1,7,20H2;1-2H,(H,5,6)(H,7,8)/b;2-1+. The number of carbonyl (C=O) groups is 2. The van der Waals surface area contributed by atoms with E-state index in [1.165, 1.54) is 0 Å². The van der Waals surface area contributed by atoms with Gasteiger partial charge in [-0.1, -0.05) is 41.6 Å². The Hall–Kier alpha value is -4.17. The lowest BCUT2D eigenvalue weighted by molar-refractivity contribution is -0.134. The number of hydrogen-bond acceptors (Lipinski definition) is 6.